The first-order valence-corrected chi connectivity index (χ1v) is 9.95. The third kappa shape index (κ3) is 3.84. The van der Waals surface area contributed by atoms with E-state index in [9.17, 15) is 9.59 Å². The number of hydrogen-bond donors (Lipinski definition) is 1. The number of amides is 2. The van der Waals surface area contributed by atoms with Crippen molar-refractivity contribution in [2.45, 2.75) is 43.9 Å². The molecule has 27 heavy (non-hydrogen) atoms. The standard InChI is InChI=1S/C20H28N4O3/c1-21-11-14-6-9-23(10-7-14)20(26)19-18(15-3-2-8-22-12-15)24(16-4-5-16)17(25)13-27-19/h2-3,8,12,14,16,18-19,21H,4-7,9-11,13H2,1H3/t18-,19+/m1/s1. The Labute approximate surface area is 160 Å². The van der Waals surface area contributed by atoms with Gasteiger partial charge in [0.2, 0.25) is 5.91 Å². The van der Waals surface area contributed by atoms with Crippen molar-refractivity contribution in [1.82, 2.24) is 20.1 Å². The van der Waals surface area contributed by atoms with E-state index in [-0.39, 0.29) is 30.5 Å². The van der Waals surface area contributed by atoms with Crippen LogP contribution in [0.15, 0.2) is 24.5 Å². The van der Waals surface area contributed by atoms with Crippen molar-refractivity contribution in [3.8, 4) is 0 Å². The summed E-state index contributed by atoms with van der Waals surface area (Å²) in [5.41, 5.74) is 0.876. The lowest BCUT2D eigenvalue weighted by atomic mass is 9.94. The molecule has 2 amide bonds. The van der Waals surface area contributed by atoms with Gasteiger partial charge >= 0.3 is 0 Å². The first-order valence-electron chi connectivity index (χ1n) is 9.95. The van der Waals surface area contributed by atoms with Gasteiger partial charge in [0.15, 0.2) is 6.10 Å². The molecule has 1 aliphatic carbocycles. The molecular weight excluding hydrogens is 344 g/mol. The molecule has 0 radical (unpaired) electrons. The Morgan fingerprint density at radius 3 is 2.70 bits per heavy atom. The van der Waals surface area contributed by atoms with Crippen molar-refractivity contribution in [1.29, 1.82) is 0 Å². The Kier molecular flexibility index (Phi) is 5.41. The Bertz CT molecular complexity index is 671. The predicted octanol–water partition coefficient (Wildman–Crippen LogP) is 0.971. The molecule has 1 aromatic rings. The van der Waals surface area contributed by atoms with E-state index < -0.39 is 6.10 Å². The van der Waals surface area contributed by atoms with Gasteiger partial charge in [-0.25, -0.2) is 0 Å². The number of carbonyl (C=O) groups is 2. The number of likely N-dealkylation sites (tertiary alicyclic amines) is 1. The highest BCUT2D eigenvalue weighted by Crippen LogP contribution is 2.40. The lowest BCUT2D eigenvalue weighted by Gasteiger charge is -2.43. The number of morpholine rings is 1. The maximum atomic E-state index is 13.3. The summed E-state index contributed by atoms with van der Waals surface area (Å²) < 4.78 is 5.83. The molecule has 3 aliphatic rings. The normalized spacial score (nSPS) is 27.1. The molecule has 2 saturated heterocycles. The number of aromatic nitrogens is 1. The summed E-state index contributed by atoms with van der Waals surface area (Å²) in [5.74, 6) is 0.595. The van der Waals surface area contributed by atoms with E-state index in [4.69, 9.17) is 4.74 Å². The Morgan fingerprint density at radius 2 is 2.07 bits per heavy atom. The van der Waals surface area contributed by atoms with Crippen LogP contribution in [0.25, 0.3) is 0 Å². The van der Waals surface area contributed by atoms with Crippen LogP contribution in [0, 0.1) is 5.92 Å². The van der Waals surface area contributed by atoms with E-state index in [1.165, 1.54) is 0 Å². The van der Waals surface area contributed by atoms with Gasteiger partial charge in [-0.2, -0.15) is 0 Å². The fourth-order valence-corrected chi connectivity index (χ4v) is 4.33. The van der Waals surface area contributed by atoms with Gasteiger partial charge in [0, 0.05) is 31.5 Å². The summed E-state index contributed by atoms with van der Waals surface area (Å²) in [6.45, 7) is 2.48. The summed E-state index contributed by atoms with van der Waals surface area (Å²) >= 11 is 0. The van der Waals surface area contributed by atoms with Gasteiger partial charge in [0.05, 0.1) is 6.04 Å². The second kappa shape index (κ2) is 7.94. The molecule has 3 heterocycles. The van der Waals surface area contributed by atoms with Gasteiger partial charge in [-0.3, -0.25) is 14.6 Å². The van der Waals surface area contributed by atoms with Gasteiger partial charge in [-0.05, 0) is 56.8 Å². The van der Waals surface area contributed by atoms with Crippen molar-refractivity contribution in [2.75, 3.05) is 33.3 Å². The van der Waals surface area contributed by atoms with Crippen LogP contribution in [0.5, 0.6) is 0 Å². The average molecular weight is 372 g/mol. The molecule has 4 rings (SSSR count). The van der Waals surface area contributed by atoms with Crippen LogP contribution in [0.3, 0.4) is 0 Å². The van der Waals surface area contributed by atoms with Crippen LogP contribution in [0.4, 0.5) is 0 Å². The molecule has 1 aromatic heterocycles. The second-order valence-corrected chi connectivity index (χ2v) is 7.82. The van der Waals surface area contributed by atoms with Crippen LogP contribution >= 0.6 is 0 Å². The lowest BCUT2D eigenvalue weighted by molar-refractivity contribution is -0.171. The molecule has 2 atom stereocenters. The number of hydrogen-bond acceptors (Lipinski definition) is 5. The summed E-state index contributed by atoms with van der Waals surface area (Å²) in [6, 6.07) is 3.64. The minimum absolute atomic E-state index is 0.00455. The maximum absolute atomic E-state index is 13.3. The zero-order valence-electron chi connectivity index (χ0n) is 15.8. The van der Waals surface area contributed by atoms with Crippen LogP contribution < -0.4 is 5.32 Å². The van der Waals surface area contributed by atoms with Crippen molar-refractivity contribution >= 4 is 11.8 Å². The third-order valence-electron chi connectivity index (χ3n) is 5.89. The summed E-state index contributed by atoms with van der Waals surface area (Å²) in [7, 11) is 1.97. The summed E-state index contributed by atoms with van der Waals surface area (Å²) in [6.07, 6.45) is 6.82. The molecule has 7 nitrogen and oxygen atoms in total. The van der Waals surface area contributed by atoms with Crippen molar-refractivity contribution < 1.29 is 14.3 Å². The number of nitrogens with zero attached hydrogens (tertiary/aromatic N) is 3. The topological polar surface area (TPSA) is 74.8 Å². The van der Waals surface area contributed by atoms with E-state index in [1.54, 1.807) is 12.4 Å². The van der Waals surface area contributed by atoms with Crippen LogP contribution in [0.2, 0.25) is 0 Å². The fourth-order valence-electron chi connectivity index (χ4n) is 4.33. The number of pyridine rings is 1. The zero-order chi connectivity index (χ0) is 18.8. The number of rotatable bonds is 5. The molecule has 3 fully saturated rings. The molecule has 0 spiro atoms. The maximum Gasteiger partial charge on any atom is 0.254 e. The van der Waals surface area contributed by atoms with Crippen LogP contribution in [-0.2, 0) is 14.3 Å². The predicted molar refractivity (Wildman–Crippen MR) is 99.8 cm³/mol. The van der Waals surface area contributed by atoms with E-state index in [0.29, 0.717) is 5.92 Å². The molecule has 146 valence electrons. The number of ether oxygens (including phenoxy) is 1. The van der Waals surface area contributed by atoms with Gasteiger partial charge in [0.1, 0.15) is 6.61 Å². The van der Waals surface area contributed by atoms with Gasteiger partial charge in [-0.1, -0.05) is 6.07 Å². The average Bonchev–Trinajstić information content (AvgIpc) is 3.54. The Morgan fingerprint density at radius 1 is 1.30 bits per heavy atom. The monoisotopic (exact) mass is 372 g/mol. The second-order valence-electron chi connectivity index (χ2n) is 7.82. The highest BCUT2D eigenvalue weighted by atomic mass is 16.5. The lowest BCUT2D eigenvalue weighted by Crippen LogP contribution is -2.56. The third-order valence-corrected chi connectivity index (χ3v) is 5.89. The smallest absolute Gasteiger partial charge is 0.254 e. The SMILES string of the molecule is CNCC1CCN(C(=O)[C@H]2OCC(=O)N(C3CC3)[C@@H]2c2cccnc2)CC1. The van der Waals surface area contributed by atoms with Gasteiger partial charge in [-0.15, -0.1) is 0 Å². The van der Waals surface area contributed by atoms with Gasteiger partial charge < -0.3 is 19.9 Å². The molecule has 1 N–H and O–H groups in total. The van der Waals surface area contributed by atoms with E-state index in [1.807, 2.05) is 29.0 Å². The first-order chi connectivity index (χ1) is 13.2. The summed E-state index contributed by atoms with van der Waals surface area (Å²) in [5, 5.41) is 3.22. The highest BCUT2D eigenvalue weighted by Gasteiger charge is 2.48. The molecule has 0 bridgehead atoms. The van der Waals surface area contributed by atoms with Crippen LogP contribution in [-0.4, -0.2) is 72.0 Å². The highest BCUT2D eigenvalue weighted by molar-refractivity contribution is 5.87. The largest absolute Gasteiger partial charge is 0.356 e. The zero-order valence-corrected chi connectivity index (χ0v) is 15.8. The molecule has 2 aliphatic heterocycles. The number of carbonyl (C=O) groups excluding carboxylic acids is 2. The van der Waals surface area contributed by atoms with Crippen molar-refractivity contribution in [3.05, 3.63) is 30.1 Å². The molecule has 7 heteroatoms. The quantitative estimate of drug-likeness (QED) is 0.834. The summed E-state index contributed by atoms with van der Waals surface area (Å²) in [4.78, 5) is 33.9. The fraction of sp³-hybridized carbons (Fsp3) is 0.650. The minimum Gasteiger partial charge on any atom is -0.356 e. The molecular formula is C20H28N4O3. The number of nitrogens with one attached hydrogen (secondary N) is 1. The van der Waals surface area contributed by atoms with Gasteiger partial charge in [0.25, 0.3) is 5.91 Å². The van der Waals surface area contributed by atoms with E-state index in [2.05, 4.69) is 10.3 Å². The number of piperidine rings is 1. The van der Waals surface area contributed by atoms with E-state index in [0.717, 1.165) is 50.9 Å². The molecule has 0 unspecified atom stereocenters. The van der Waals surface area contributed by atoms with Crippen LogP contribution in [0.1, 0.15) is 37.3 Å². The van der Waals surface area contributed by atoms with Crippen molar-refractivity contribution in [3.63, 3.8) is 0 Å². The molecule has 0 aromatic carbocycles. The van der Waals surface area contributed by atoms with Crippen molar-refractivity contribution in [2.24, 2.45) is 5.92 Å². The first kappa shape index (κ1) is 18.4. The van der Waals surface area contributed by atoms with E-state index >= 15 is 0 Å². The minimum atomic E-state index is -0.645. The Hall–Kier alpha value is -1.99. The Balaban J connectivity index is 1.54. The molecule has 1 saturated carbocycles.